The number of hydrogen-bond donors (Lipinski definition) is 0. The third-order valence-electron chi connectivity index (χ3n) is 1.76. The van der Waals surface area contributed by atoms with E-state index < -0.39 is 0 Å². The van der Waals surface area contributed by atoms with Crippen molar-refractivity contribution < 1.29 is 0 Å². The topological polar surface area (TPSA) is 24.7 Å². The first kappa shape index (κ1) is 12.1. The summed E-state index contributed by atoms with van der Waals surface area (Å²) in [5, 5.41) is 0. The molecule has 2 nitrogen and oxygen atoms in total. The zero-order valence-electron chi connectivity index (χ0n) is 9.39. The molecule has 0 radical (unpaired) electrons. The number of aliphatic imine (C=N–C) groups is 2. The first-order chi connectivity index (χ1) is 6.10. The molecule has 0 spiro atoms. The smallest absolute Gasteiger partial charge is 0.120 e. The van der Waals surface area contributed by atoms with Crippen LogP contribution >= 0.6 is 0 Å². The van der Waals surface area contributed by atoms with Gasteiger partial charge in [0.15, 0.2) is 0 Å². The quantitative estimate of drug-likeness (QED) is 0.470. The second kappa shape index (κ2) is 6.58. The molecule has 0 N–H and O–H groups in total. The lowest BCUT2D eigenvalue weighted by atomic mass is 10.1. The summed E-state index contributed by atoms with van der Waals surface area (Å²) >= 11 is 0. The van der Waals surface area contributed by atoms with Gasteiger partial charge in [-0.25, -0.2) is 4.99 Å². The monoisotopic (exact) mass is 180 g/mol. The van der Waals surface area contributed by atoms with E-state index in [1.165, 1.54) is 12.0 Å². The van der Waals surface area contributed by atoms with E-state index in [-0.39, 0.29) is 0 Å². The number of nitrogens with zero attached hydrogens (tertiary/aromatic N) is 2. The Bertz CT molecular complexity index is 234. The van der Waals surface area contributed by atoms with E-state index >= 15 is 0 Å². The Hall–Kier alpha value is -0.920. The summed E-state index contributed by atoms with van der Waals surface area (Å²) < 4.78 is 0. The molecule has 0 amide bonds. The Morgan fingerprint density at radius 1 is 1.23 bits per heavy atom. The number of allylic oxidation sites excluding steroid dienone is 2. The lowest BCUT2D eigenvalue weighted by molar-refractivity contribution is 0.907. The van der Waals surface area contributed by atoms with Crippen LogP contribution in [0.15, 0.2) is 21.6 Å². The van der Waals surface area contributed by atoms with Gasteiger partial charge in [0.1, 0.15) is 5.84 Å². The van der Waals surface area contributed by atoms with Crippen molar-refractivity contribution in [3.05, 3.63) is 11.6 Å². The molecule has 0 bridgehead atoms. The van der Waals surface area contributed by atoms with Crippen LogP contribution in [0.3, 0.4) is 0 Å². The fourth-order valence-electron chi connectivity index (χ4n) is 1.16. The zero-order chi connectivity index (χ0) is 10.3. The molecule has 0 aromatic carbocycles. The Morgan fingerprint density at radius 3 is 2.31 bits per heavy atom. The van der Waals surface area contributed by atoms with Crippen LogP contribution in [-0.4, -0.2) is 18.6 Å². The standard InChI is InChI=1S/C11H20N2/c1-6-7-9(2)8-10(3)13-11(4)12-5/h8H,6-7H2,1-5H3/b9-8-,12-11?,13-10?. The van der Waals surface area contributed by atoms with Crippen LogP contribution in [0.2, 0.25) is 0 Å². The summed E-state index contributed by atoms with van der Waals surface area (Å²) in [5.74, 6) is 0.832. The van der Waals surface area contributed by atoms with Crippen LogP contribution < -0.4 is 0 Å². The maximum Gasteiger partial charge on any atom is 0.120 e. The van der Waals surface area contributed by atoms with E-state index in [2.05, 4.69) is 29.9 Å². The van der Waals surface area contributed by atoms with Crippen molar-refractivity contribution in [3.63, 3.8) is 0 Å². The van der Waals surface area contributed by atoms with Gasteiger partial charge in [0.25, 0.3) is 0 Å². The van der Waals surface area contributed by atoms with E-state index in [0.29, 0.717) is 0 Å². The van der Waals surface area contributed by atoms with Crippen molar-refractivity contribution in [1.82, 2.24) is 0 Å². The first-order valence-electron chi connectivity index (χ1n) is 4.76. The van der Waals surface area contributed by atoms with Crippen molar-refractivity contribution >= 4 is 11.5 Å². The third-order valence-corrected chi connectivity index (χ3v) is 1.76. The van der Waals surface area contributed by atoms with Gasteiger partial charge < -0.3 is 0 Å². The molecule has 0 aliphatic heterocycles. The highest BCUT2D eigenvalue weighted by molar-refractivity contribution is 6.02. The lowest BCUT2D eigenvalue weighted by Crippen LogP contribution is -1.93. The Labute approximate surface area is 81.5 Å². The van der Waals surface area contributed by atoms with E-state index in [9.17, 15) is 0 Å². The summed E-state index contributed by atoms with van der Waals surface area (Å²) in [5.41, 5.74) is 2.42. The second-order valence-electron chi connectivity index (χ2n) is 3.26. The van der Waals surface area contributed by atoms with Gasteiger partial charge in [0.05, 0.1) is 0 Å². The van der Waals surface area contributed by atoms with Gasteiger partial charge in [0.2, 0.25) is 0 Å². The average molecular weight is 180 g/mol. The van der Waals surface area contributed by atoms with Crippen LogP contribution in [0.25, 0.3) is 0 Å². The van der Waals surface area contributed by atoms with Crippen LogP contribution in [0.4, 0.5) is 0 Å². The van der Waals surface area contributed by atoms with Crippen molar-refractivity contribution in [3.8, 4) is 0 Å². The Morgan fingerprint density at radius 2 is 1.85 bits per heavy atom. The van der Waals surface area contributed by atoms with Crippen molar-refractivity contribution in [2.45, 2.75) is 40.5 Å². The fourth-order valence-corrected chi connectivity index (χ4v) is 1.16. The Balaban J connectivity index is 4.35. The molecule has 74 valence electrons. The lowest BCUT2D eigenvalue weighted by Gasteiger charge is -1.98. The highest BCUT2D eigenvalue weighted by Crippen LogP contribution is 2.03. The van der Waals surface area contributed by atoms with Crippen LogP contribution in [0.5, 0.6) is 0 Å². The van der Waals surface area contributed by atoms with Crippen LogP contribution in [-0.2, 0) is 0 Å². The highest BCUT2D eigenvalue weighted by atomic mass is 14.9. The van der Waals surface area contributed by atoms with E-state index in [1.807, 2.05) is 13.8 Å². The number of rotatable bonds is 3. The SMILES string of the molecule is CCC/C(C)=C\C(C)=NC(C)=NC. The van der Waals surface area contributed by atoms with Gasteiger partial charge in [0, 0.05) is 12.8 Å². The normalized spacial score (nSPS) is 15.0. The molecule has 0 aromatic rings. The molecule has 0 heterocycles. The molecule has 0 atom stereocenters. The predicted molar refractivity (Wildman–Crippen MR) is 60.8 cm³/mol. The second-order valence-corrected chi connectivity index (χ2v) is 3.26. The van der Waals surface area contributed by atoms with Gasteiger partial charge in [-0.1, -0.05) is 18.9 Å². The minimum absolute atomic E-state index is 0.832. The maximum atomic E-state index is 4.31. The molecule has 0 rings (SSSR count). The zero-order valence-corrected chi connectivity index (χ0v) is 9.39. The molecular weight excluding hydrogens is 160 g/mol. The van der Waals surface area contributed by atoms with E-state index in [1.54, 1.807) is 7.05 Å². The fraction of sp³-hybridized carbons (Fsp3) is 0.636. The average Bonchev–Trinajstić information content (AvgIpc) is 2.04. The molecular formula is C11H20N2. The molecule has 0 fully saturated rings. The molecule has 13 heavy (non-hydrogen) atoms. The van der Waals surface area contributed by atoms with Crippen LogP contribution in [0.1, 0.15) is 40.5 Å². The predicted octanol–water partition coefficient (Wildman–Crippen LogP) is 3.24. The summed E-state index contributed by atoms with van der Waals surface area (Å²) in [4.78, 5) is 8.29. The number of amidine groups is 1. The van der Waals surface area contributed by atoms with Gasteiger partial charge >= 0.3 is 0 Å². The minimum Gasteiger partial charge on any atom is -0.274 e. The summed E-state index contributed by atoms with van der Waals surface area (Å²) in [7, 11) is 1.76. The molecule has 0 aliphatic carbocycles. The molecule has 0 aromatic heterocycles. The van der Waals surface area contributed by atoms with Crippen molar-refractivity contribution in [2.75, 3.05) is 7.05 Å². The van der Waals surface area contributed by atoms with Crippen LogP contribution in [0, 0.1) is 0 Å². The maximum absolute atomic E-state index is 4.31. The van der Waals surface area contributed by atoms with Crippen molar-refractivity contribution in [2.24, 2.45) is 9.98 Å². The van der Waals surface area contributed by atoms with E-state index in [4.69, 9.17) is 0 Å². The summed E-state index contributed by atoms with van der Waals surface area (Å²) in [6, 6.07) is 0. The largest absolute Gasteiger partial charge is 0.274 e. The van der Waals surface area contributed by atoms with Gasteiger partial charge in [-0.05, 0) is 33.3 Å². The van der Waals surface area contributed by atoms with Crippen molar-refractivity contribution in [1.29, 1.82) is 0 Å². The third kappa shape index (κ3) is 6.26. The minimum atomic E-state index is 0.832. The number of hydrogen-bond acceptors (Lipinski definition) is 1. The van der Waals surface area contributed by atoms with Gasteiger partial charge in [-0.2, -0.15) is 0 Å². The molecule has 0 saturated carbocycles. The molecule has 0 saturated heterocycles. The molecule has 0 unspecified atom stereocenters. The molecule has 2 heteroatoms. The Kier molecular flexibility index (Phi) is 6.11. The molecule has 0 aliphatic rings. The van der Waals surface area contributed by atoms with Gasteiger partial charge in [-0.3, -0.25) is 4.99 Å². The van der Waals surface area contributed by atoms with E-state index in [0.717, 1.165) is 18.0 Å². The van der Waals surface area contributed by atoms with Gasteiger partial charge in [-0.15, -0.1) is 0 Å². The summed E-state index contributed by atoms with van der Waals surface area (Å²) in [6.45, 7) is 8.24. The first-order valence-corrected chi connectivity index (χ1v) is 4.76. The highest BCUT2D eigenvalue weighted by Gasteiger charge is 1.90. The summed E-state index contributed by atoms with van der Waals surface area (Å²) in [6.07, 6.45) is 4.46.